The number of amides is 2. The maximum atomic E-state index is 13.5. The van der Waals surface area contributed by atoms with E-state index in [0.29, 0.717) is 34.2 Å². The number of carbonyl (C=O) groups is 2. The van der Waals surface area contributed by atoms with Crippen molar-refractivity contribution in [3.05, 3.63) is 89.5 Å². The number of nitrogens with one attached hydrogen (secondary N) is 1. The predicted molar refractivity (Wildman–Crippen MR) is 129 cm³/mol. The lowest BCUT2D eigenvalue weighted by atomic mass is 10.00. The van der Waals surface area contributed by atoms with Gasteiger partial charge in [-0.05, 0) is 48.0 Å². The van der Waals surface area contributed by atoms with Crippen LogP contribution in [0.2, 0.25) is 0 Å². The van der Waals surface area contributed by atoms with E-state index in [1.165, 1.54) is 11.9 Å². The fourth-order valence-corrected chi connectivity index (χ4v) is 3.53. The van der Waals surface area contributed by atoms with Crippen LogP contribution in [-0.2, 0) is 9.59 Å². The van der Waals surface area contributed by atoms with Crippen LogP contribution in [0.3, 0.4) is 0 Å². The van der Waals surface area contributed by atoms with E-state index in [9.17, 15) is 9.59 Å². The lowest BCUT2D eigenvalue weighted by Gasteiger charge is -2.12. The third kappa shape index (κ3) is 4.62. The molecule has 1 N–H and O–H groups in total. The quantitative estimate of drug-likeness (QED) is 0.572. The Hall–Kier alpha value is -4.39. The Bertz CT molecular complexity index is 1250. The molecule has 0 saturated carbocycles. The summed E-state index contributed by atoms with van der Waals surface area (Å²) in [5, 5.41) is 8.73. The Morgan fingerprint density at radius 3 is 2.27 bits per heavy atom. The zero-order chi connectivity index (χ0) is 23.4. The van der Waals surface area contributed by atoms with Crippen molar-refractivity contribution in [2.45, 2.75) is 6.92 Å². The highest BCUT2D eigenvalue weighted by atomic mass is 16.5. The number of rotatable bonds is 6. The normalized spacial score (nSPS) is 14.3. The third-order valence-corrected chi connectivity index (χ3v) is 5.08. The van der Waals surface area contributed by atoms with Crippen LogP contribution in [0.5, 0.6) is 11.5 Å². The Morgan fingerprint density at radius 1 is 0.939 bits per heavy atom. The number of benzene rings is 3. The number of ether oxygens (including phenoxy) is 2. The van der Waals surface area contributed by atoms with E-state index in [-0.39, 0.29) is 11.8 Å². The van der Waals surface area contributed by atoms with Crippen LogP contribution in [0.15, 0.2) is 83.5 Å². The monoisotopic (exact) mass is 441 g/mol. The van der Waals surface area contributed by atoms with Gasteiger partial charge in [0.2, 0.25) is 5.91 Å². The SMILES string of the molecule is COc1ccc(/C=C2\C(=O)N(c3ccc(NC(C)=O)cc3)N=C2c2ccccc2)cc1OC. The van der Waals surface area contributed by atoms with Gasteiger partial charge >= 0.3 is 0 Å². The molecule has 0 saturated heterocycles. The molecule has 0 fully saturated rings. The minimum Gasteiger partial charge on any atom is -0.493 e. The van der Waals surface area contributed by atoms with Gasteiger partial charge in [-0.1, -0.05) is 36.4 Å². The Morgan fingerprint density at radius 2 is 1.64 bits per heavy atom. The van der Waals surface area contributed by atoms with E-state index in [1.807, 2.05) is 42.5 Å². The zero-order valence-corrected chi connectivity index (χ0v) is 18.5. The standard InChI is InChI=1S/C26H23N3O4/c1-17(30)27-20-10-12-21(13-11-20)29-26(31)22(25(28-29)19-7-5-4-6-8-19)15-18-9-14-23(32-2)24(16-18)33-3/h4-16H,1-3H3,(H,27,30)/b22-15-. The van der Waals surface area contributed by atoms with Gasteiger partial charge in [-0.2, -0.15) is 10.1 Å². The molecule has 1 aliphatic heterocycles. The van der Waals surface area contributed by atoms with Gasteiger partial charge in [0.05, 0.1) is 25.5 Å². The second-order valence-corrected chi connectivity index (χ2v) is 7.33. The molecule has 0 aliphatic carbocycles. The first-order valence-corrected chi connectivity index (χ1v) is 10.3. The second-order valence-electron chi connectivity index (χ2n) is 7.33. The van der Waals surface area contributed by atoms with Crippen molar-refractivity contribution in [2.75, 3.05) is 24.5 Å². The summed E-state index contributed by atoms with van der Waals surface area (Å²) in [6.07, 6.45) is 1.79. The smallest absolute Gasteiger partial charge is 0.281 e. The lowest BCUT2D eigenvalue weighted by Crippen LogP contribution is -2.21. The van der Waals surface area contributed by atoms with Gasteiger partial charge in [-0.25, -0.2) is 0 Å². The molecule has 1 aliphatic rings. The molecule has 7 heteroatoms. The number of hydrogen-bond donors (Lipinski definition) is 1. The molecule has 2 amide bonds. The minimum absolute atomic E-state index is 0.162. The van der Waals surface area contributed by atoms with E-state index in [0.717, 1.165) is 11.1 Å². The molecule has 1 heterocycles. The highest BCUT2D eigenvalue weighted by Gasteiger charge is 2.32. The number of hydrazone groups is 1. The summed E-state index contributed by atoms with van der Waals surface area (Å²) in [4.78, 5) is 24.7. The molecule has 0 unspecified atom stereocenters. The molecule has 166 valence electrons. The van der Waals surface area contributed by atoms with Crippen LogP contribution in [0.25, 0.3) is 6.08 Å². The molecule has 0 atom stereocenters. The van der Waals surface area contributed by atoms with Crippen molar-refractivity contribution in [1.29, 1.82) is 0 Å². The highest BCUT2D eigenvalue weighted by molar-refractivity contribution is 6.37. The van der Waals surface area contributed by atoms with Crippen molar-refractivity contribution in [1.82, 2.24) is 0 Å². The summed E-state index contributed by atoms with van der Waals surface area (Å²) in [5.41, 5.74) is 3.88. The van der Waals surface area contributed by atoms with Crippen molar-refractivity contribution in [2.24, 2.45) is 5.10 Å². The number of methoxy groups -OCH3 is 2. The Labute approximate surface area is 191 Å². The van der Waals surface area contributed by atoms with Gasteiger partial charge in [-0.3, -0.25) is 9.59 Å². The van der Waals surface area contributed by atoms with Crippen LogP contribution in [-0.4, -0.2) is 31.7 Å². The van der Waals surface area contributed by atoms with E-state index >= 15 is 0 Å². The average Bonchev–Trinajstić information content (AvgIpc) is 3.15. The van der Waals surface area contributed by atoms with Gasteiger partial charge in [0.1, 0.15) is 5.71 Å². The molecule has 0 radical (unpaired) electrons. The van der Waals surface area contributed by atoms with Crippen molar-refractivity contribution in [3.63, 3.8) is 0 Å². The lowest BCUT2D eigenvalue weighted by molar-refractivity contribution is -0.115. The van der Waals surface area contributed by atoms with Crippen LogP contribution in [0, 0.1) is 0 Å². The van der Waals surface area contributed by atoms with E-state index in [1.54, 1.807) is 50.6 Å². The summed E-state index contributed by atoms with van der Waals surface area (Å²) in [5.74, 6) is 0.761. The summed E-state index contributed by atoms with van der Waals surface area (Å²) in [6.45, 7) is 1.44. The summed E-state index contributed by atoms with van der Waals surface area (Å²) in [6, 6.07) is 22.0. The molecule has 3 aromatic rings. The Kier molecular flexibility index (Phi) is 6.22. The van der Waals surface area contributed by atoms with Crippen LogP contribution in [0.4, 0.5) is 11.4 Å². The molecule has 4 rings (SSSR count). The maximum Gasteiger partial charge on any atom is 0.281 e. The summed E-state index contributed by atoms with van der Waals surface area (Å²) >= 11 is 0. The predicted octanol–water partition coefficient (Wildman–Crippen LogP) is 4.50. The maximum absolute atomic E-state index is 13.5. The van der Waals surface area contributed by atoms with Crippen molar-refractivity contribution in [3.8, 4) is 11.5 Å². The fourth-order valence-electron chi connectivity index (χ4n) is 3.53. The number of anilines is 2. The molecule has 0 aromatic heterocycles. The van der Waals surface area contributed by atoms with Gasteiger partial charge in [0, 0.05) is 18.2 Å². The Balaban J connectivity index is 1.75. The van der Waals surface area contributed by atoms with Gasteiger partial charge in [0.15, 0.2) is 11.5 Å². The van der Waals surface area contributed by atoms with E-state index in [2.05, 4.69) is 10.4 Å². The number of carbonyl (C=O) groups excluding carboxylic acids is 2. The van der Waals surface area contributed by atoms with Crippen molar-refractivity contribution >= 4 is 35.0 Å². The van der Waals surface area contributed by atoms with Gasteiger partial charge in [0.25, 0.3) is 5.91 Å². The first kappa shape index (κ1) is 21.8. The molecular formula is C26H23N3O4. The molecule has 0 bridgehead atoms. The summed E-state index contributed by atoms with van der Waals surface area (Å²) < 4.78 is 10.7. The molecule has 0 spiro atoms. The van der Waals surface area contributed by atoms with E-state index < -0.39 is 0 Å². The average molecular weight is 441 g/mol. The van der Waals surface area contributed by atoms with Gasteiger partial charge in [-0.15, -0.1) is 0 Å². The van der Waals surface area contributed by atoms with Crippen LogP contribution >= 0.6 is 0 Å². The summed E-state index contributed by atoms with van der Waals surface area (Å²) in [7, 11) is 3.14. The van der Waals surface area contributed by atoms with E-state index in [4.69, 9.17) is 9.47 Å². The van der Waals surface area contributed by atoms with Crippen molar-refractivity contribution < 1.29 is 19.1 Å². The number of hydrogen-bond acceptors (Lipinski definition) is 5. The minimum atomic E-state index is -0.254. The topological polar surface area (TPSA) is 80.2 Å². The molecule has 3 aromatic carbocycles. The first-order valence-electron chi connectivity index (χ1n) is 10.3. The van der Waals surface area contributed by atoms with Crippen LogP contribution < -0.4 is 19.8 Å². The zero-order valence-electron chi connectivity index (χ0n) is 18.5. The third-order valence-electron chi connectivity index (χ3n) is 5.08. The van der Waals surface area contributed by atoms with Crippen LogP contribution in [0.1, 0.15) is 18.1 Å². The first-order chi connectivity index (χ1) is 16.0. The molecule has 7 nitrogen and oxygen atoms in total. The number of nitrogens with zero attached hydrogens (tertiary/aromatic N) is 2. The highest BCUT2D eigenvalue weighted by Crippen LogP contribution is 2.32. The molecule has 33 heavy (non-hydrogen) atoms. The molecular weight excluding hydrogens is 418 g/mol. The largest absolute Gasteiger partial charge is 0.493 e. The second kappa shape index (κ2) is 9.40. The van der Waals surface area contributed by atoms with Gasteiger partial charge < -0.3 is 14.8 Å². The fraction of sp³-hybridized carbons (Fsp3) is 0.115.